The number of carbonyl (C=O) groups is 2. The van der Waals surface area contributed by atoms with E-state index in [1.54, 1.807) is 13.1 Å². The van der Waals surface area contributed by atoms with E-state index in [9.17, 15) is 14.7 Å². The Morgan fingerprint density at radius 3 is 2.68 bits per heavy atom. The fourth-order valence-electron chi connectivity index (χ4n) is 2.70. The van der Waals surface area contributed by atoms with E-state index in [2.05, 4.69) is 4.98 Å². The van der Waals surface area contributed by atoms with Crippen LogP contribution in [0.3, 0.4) is 0 Å². The molecule has 0 saturated carbocycles. The Morgan fingerprint density at radius 2 is 1.96 bits per heavy atom. The lowest BCUT2D eigenvalue weighted by atomic mass is 10.2. The fraction of sp³-hybridized carbons (Fsp3) is 0.250. The number of ether oxygens (including phenoxy) is 2. The predicted octanol–water partition coefficient (Wildman–Crippen LogP) is 3.21. The van der Waals surface area contributed by atoms with Gasteiger partial charge in [0.15, 0.2) is 17.6 Å². The SMILES string of the molecule is COc1cccc(C(=O)OC(C)C(=O)N(C)Cc2nc3ccccc3s2)c1O. The Bertz CT molecular complexity index is 984. The number of rotatable bonds is 6. The van der Waals surface area contributed by atoms with Crippen molar-refractivity contribution in [2.45, 2.75) is 19.6 Å². The summed E-state index contributed by atoms with van der Waals surface area (Å²) in [4.78, 5) is 30.9. The van der Waals surface area contributed by atoms with Crippen LogP contribution in [0.15, 0.2) is 42.5 Å². The average Bonchev–Trinajstić information content (AvgIpc) is 3.09. The van der Waals surface area contributed by atoms with Crippen LogP contribution in [0.5, 0.6) is 11.5 Å². The van der Waals surface area contributed by atoms with Crippen LogP contribution in [0.1, 0.15) is 22.3 Å². The number of hydrogen-bond acceptors (Lipinski definition) is 7. The number of nitrogens with zero attached hydrogens (tertiary/aromatic N) is 2. The minimum atomic E-state index is -1.02. The topological polar surface area (TPSA) is 89.0 Å². The van der Waals surface area contributed by atoms with E-state index in [0.717, 1.165) is 15.2 Å². The number of likely N-dealkylation sites (N-methyl/N-ethyl adjacent to an activating group) is 1. The van der Waals surface area contributed by atoms with Gasteiger partial charge in [-0.05, 0) is 31.2 Å². The molecular weight excluding hydrogens is 380 g/mol. The maximum absolute atomic E-state index is 12.6. The second kappa shape index (κ2) is 8.26. The largest absolute Gasteiger partial charge is 0.504 e. The van der Waals surface area contributed by atoms with Crippen molar-refractivity contribution in [2.75, 3.05) is 14.2 Å². The number of aromatic hydroxyl groups is 1. The molecule has 0 saturated heterocycles. The number of aromatic nitrogens is 1. The van der Waals surface area contributed by atoms with Crippen molar-refractivity contribution >= 4 is 33.4 Å². The fourth-order valence-corrected chi connectivity index (χ4v) is 3.73. The van der Waals surface area contributed by atoms with Crippen LogP contribution in [-0.4, -0.2) is 47.1 Å². The first-order chi connectivity index (χ1) is 13.4. The predicted molar refractivity (Wildman–Crippen MR) is 106 cm³/mol. The molecule has 1 atom stereocenters. The van der Waals surface area contributed by atoms with Gasteiger partial charge in [0, 0.05) is 7.05 Å². The van der Waals surface area contributed by atoms with Gasteiger partial charge in [-0.1, -0.05) is 18.2 Å². The zero-order chi connectivity index (χ0) is 20.3. The molecule has 146 valence electrons. The first kappa shape index (κ1) is 19.6. The van der Waals surface area contributed by atoms with Gasteiger partial charge in [-0.15, -0.1) is 11.3 Å². The summed E-state index contributed by atoms with van der Waals surface area (Å²) in [7, 11) is 3.01. The second-order valence-electron chi connectivity index (χ2n) is 6.17. The molecule has 0 aliphatic rings. The first-order valence-corrected chi connectivity index (χ1v) is 9.38. The van der Waals surface area contributed by atoms with Crippen LogP contribution in [-0.2, 0) is 16.1 Å². The van der Waals surface area contributed by atoms with Crippen molar-refractivity contribution in [3.8, 4) is 11.5 Å². The number of thiazole rings is 1. The molecule has 0 bridgehead atoms. The molecule has 1 aromatic heterocycles. The highest BCUT2D eigenvalue weighted by Gasteiger charge is 2.25. The normalized spacial score (nSPS) is 11.8. The van der Waals surface area contributed by atoms with E-state index in [0.29, 0.717) is 6.54 Å². The summed E-state index contributed by atoms with van der Waals surface area (Å²) in [6.07, 6.45) is -1.02. The molecule has 1 amide bonds. The van der Waals surface area contributed by atoms with Crippen molar-refractivity contribution in [2.24, 2.45) is 0 Å². The Hall–Kier alpha value is -3.13. The van der Waals surface area contributed by atoms with Crippen LogP contribution in [0, 0.1) is 0 Å². The highest BCUT2D eigenvalue weighted by molar-refractivity contribution is 7.18. The van der Waals surface area contributed by atoms with Crippen LogP contribution in [0.2, 0.25) is 0 Å². The summed E-state index contributed by atoms with van der Waals surface area (Å²) in [6.45, 7) is 1.80. The highest BCUT2D eigenvalue weighted by Crippen LogP contribution is 2.30. The molecule has 3 rings (SSSR count). The van der Waals surface area contributed by atoms with Crippen molar-refractivity contribution in [1.82, 2.24) is 9.88 Å². The lowest BCUT2D eigenvalue weighted by Crippen LogP contribution is -2.37. The summed E-state index contributed by atoms with van der Waals surface area (Å²) in [5, 5.41) is 10.8. The van der Waals surface area contributed by atoms with Crippen LogP contribution in [0.25, 0.3) is 10.2 Å². The van der Waals surface area contributed by atoms with E-state index in [1.807, 2.05) is 24.3 Å². The lowest BCUT2D eigenvalue weighted by molar-refractivity contribution is -0.139. The monoisotopic (exact) mass is 400 g/mol. The lowest BCUT2D eigenvalue weighted by Gasteiger charge is -2.20. The third kappa shape index (κ3) is 4.07. The zero-order valence-electron chi connectivity index (χ0n) is 15.7. The van der Waals surface area contributed by atoms with Crippen LogP contribution < -0.4 is 4.74 Å². The molecule has 7 nitrogen and oxygen atoms in total. The molecule has 1 unspecified atom stereocenters. The van der Waals surface area contributed by atoms with Gasteiger partial charge in [0.05, 0.1) is 23.9 Å². The van der Waals surface area contributed by atoms with E-state index >= 15 is 0 Å². The second-order valence-corrected chi connectivity index (χ2v) is 7.29. The van der Waals surface area contributed by atoms with Crippen molar-refractivity contribution < 1.29 is 24.2 Å². The minimum Gasteiger partial charge on any atom is -0.504 e. The summed E-state index contributed by atoms with van der Waals surface area (Å²) in [5.41, 5.74) is 0.823. The molecule has 1 N–H and O–H groups in total. The van der Waals surface area contributed by atoms with E-state index in [1.165, 1.54) is 42.4 Å². The van der Waals surface area contributed by atoms with E-state index < -0.39 is 12.1 Å². The molecule has 28 heavy (non-hydrogen) atoms. The van der Waals surface area contributed by atoms with Crippen molar-refractivity contribution in [3.05, 3.63) is 53.0 Å². The quantitative estimate of drug-likeness (QED) is 0.639. The minimum absolute atomic E-state index is 0.0622. The number of hydrogen-bond donors (Lipinski definition) is 1. The van der Waals surface area contributed by atoms with Gasteiger partial charge < -0.3 is 19.5 Å². The van der Waals surface area contributed by atoms with E-state index in [-0.39, 0.29) is 23.0 Å². The number of benzene rings is 2. The van der Waals surface area contributed by atoms with Gasteiger partial charge >= 0.3 is 5.97 Å². The Kier molecular flexibility index (Phi) is 5.79. The Morgan fingerprint density at radius 1 is 1.21 bits per heavy atom. The van der Waals surface area contributed by atoms with Gasteiger partial charge in [0.2, 0.25) is 0 Å². The first-order valence-electron chi connectivity index (χ1n) is 8.57. The number of carbonyl (C=O) groups excluding carboxylic acids is 2. The summed E-state index contributed by atoms with van der Waals surface area (Å²) in [6, 6.07) is 12.2. The van der Waals surface area contributed by atoms with Gasteiger partial charge in [-0.3, -0.25) is 4.79 Å². The molecule has 8 heteroatoms. The molecule has 0 aliphatic heterocycles. The third-order valence-electron chi connectivity index (χ3n) is 4.16. The maximum Gasteiger partial charge on any atom is 0.342 e. The number of amides is 1. The molecule has 0 aliphatic carbocycles. The maximum atomic E-state index is 12.6. The van der Waals surface area contributed by atoms with Crippen LogP contribution >= 0.6 is 11.3 Å². The Balaban J connectivity index is 1.65. The van der Waals surface area contributed by atoms with Gasteiger partial charge in [-0.25, -0.2) is 9.78 Å². The standard InChI is InChI=1S/C20H20N2O5S/c1-12(27-20(25)13-7-6-9-15(26-3)18(13)23)19(24)22(2)11-17-21-14-8-4-5-10-16(14)28-17/h4-10,12,23H,11H2,1-3H3. The smallest absolute Gasteiger partial charge is 0.342 e. The van der Waals surface area contributed by atoms with Crippen LogP contribution in [0.4, 0.5) is 0 Å². The molecule has 3 aromatic rings. The molecule has 0 fully saturated rings. The average molecular weight is 400 g/mol. The molecule has 2 aromatic carbocycles. The van der Waals surface area contributed by atoms with Crippen molar-refractivity contribution in [1.29, 1.82) is 0 Å². The number of fused-ring (bicyclic) bond motifs is 1. The summed E-state index contributed by atoms with van der Waals surface area (Å²) < 4.78 is 11.3. The zero-order valence-corrected chi connectivity index (χ0v) is 16.5. The summed E-state index contributed by atoms with van der Waals surface area (Å²) >= 11 is 1.51. The van der Waals surface area contributed by atoms with Gasteiger partial charge in [-0.2, -0.15) is 0 Å². The molecular formula is C20H20N2O5S. The Labute approximate surface area is 166 Å². The number of para-hydroxylation sites is 2. The van der Waals surface area contributed by atoms with Gasteiger partial charge in [0.25, 0.3) is 5.91 Å². The molecule has 0 radical (unpaired) electrons. The number of esters is 1. The number of methoxy groups -OCH3 is 1. The summed E-state index contributed by atoms with van der Waals surface area (Å²) in [5.74, 6) is -1.33. The highest BCUT2D eigenvalue weighted by atomic mass is 32.1. The van der Waals surface area contributed by atoms with Crippen molar-refractivity contribution in [3.63, 3.8) is 0 Å². The number of phenolic OH excluding ortho intramolecular Hbond substituents is 1. The van der Waals surface area contributed by atoms with Gasteiger partial charge in [0.1, 0.15) is 10.6 Å². The van der Waals surface area contributed by atoms with E-state index in [4.69, 9.17) is 9.47 Å². The third-order valence-corrected chi connectivity index (χ3v) is 5.18. The molecule has 1 heterocycles. The number of phenols is 1. The molecule has 0 spiro atoms.